The van der Waals surface area contributed by atoms with Crippen LogP contribution in [0, 0.1) is 0 Å². The van der Waals surface area contributed by atoms with Gasteiger partial charge < -0.3 is 14.4 Å². The largest absolute Gasteiger partial charge is 0.469 e. The molecule has 0 saturated carbocycles. The number of esters is 1. The van der Waals surface area contributed by atoms with Gasteiger partial charge in [-0.15, -0.1) is 0 Å². The standard InChI is InChI=1S/C15H26N2O4/c1-20-15(19)10-13-11-16(8-9-21-13)12-14(18)17-6-4-2-3-5-7-17/h13H,2-12H2,1H3. The Bertz CT molecular complexity index is 354. The van der Waals surface area contributed by atoms with Gasteiger partial charge in [-0.25, -0.2) is 0 Å². The zero-order valence-electron chi connectivity index (χ0n) is 12.9. The molecule has 0 spiro atoms. The number of amides is 1. The highest BCUT2D eigenvalue weighted by Gasteiger charge is 2.26. The van der Waals surface area contributed by atoms with Crippen molar-refractivity contribution in [2.45, 2.75) is 38.2 Å². The Labute approximate surface area is 126 Å². The molecule has 2 aliphatic rings. The maximum atomic E-state index is 12.4. The molecule has 0 aliphatic carbocycles. The Morgan fingerprint density at radius 1 is 1.14 bits per heavy atom. The van der Waals surface area contributed by atoms with E-state index in [0.717, 1.165) is 32.5 Å². The van der Waals surface area contributed by atoms with Gasteiger partial charge >= 0.3 is 5.97 Å². The van der Waals surface area contributed by atoms with Crippen LogP contribution in [0.1, 0.15) is 32.1 Å². The van der Waals surface area contributed by atoms with Crippen molar-refractivity contribution in [1.29, 1.82) is 0 Å². The van der Waals surface area contributed by atoms with Crippen LogP contribution in [-0.4, -0.2) is 74.2 Å². The Balaban J connectivity index is 1.78. The summed E-state index contributed by atoms with van der Waals surface area (Å²) in [5.74, 6) is -0.0590. The van der Waals surface area contributed by atoms with E-state index in [9.17, 15) is 9.59 Å². The lowest BCUT2D eigenvalue weighted by molar-refractivity contribution is -0.146. The van der Waals surface area contributed by atoms with Gasteiger partial charge in [0.15, 0.2) is 0 Å². The van der Waals surface area contributed by atoms with Gasteiger partial charge in [0, 0.05) is 26.2 Å². The van der Waals surface area contributed by atoms with Crippen molar-refractivity contribution in [3.8, 4) is 0 Å². The summed E-state index contributed by atoms with van der Waals surface area (Å²) in [6.45, 7) is 4.13. The third-order valence-corrected chi connectivity index (χ3v) is 4.16. The SMILES string of the molecule is COC(=O)CC1CN(CC(=O)N2CCCCCC2)CCO1. The zero-order valence-corrected chi connectivity index (χ0v) is 12.9. The highest BCUT2D eigenvalue weighted by atomic mass is 16.5. The highest BCUT2D eigenvalue weighted by Crippen LogP contribution is 2.12. The first-order valence-electron chi connectivity index (χ1n) is 7.87. The van der Waals surface area contributed by atoms with Gasteiger partial charge in [-0.3, -0.25) is 14.5 Å². The number of morpholine rings is 1. The van der Waals surface area contributed by atoms with Crippen LogP contribution in [0.5, 0.6) is 0 Å². The summed E-state index contributed by atoms with van der Waals surface area (Å²) < 4.78 is 10.2. The molecule has 21 heavy (non-hydrogen) atoms. The molecule has 2 heterocycles. The van der Waals surface area contributed by atoms with Crippen molar-refractivity contribution in [2.75, 3.05) is 46.4 Å². The minimum Gasteiger partial charge on any atom is -0.469 e. The van der Waals surface area contributed by atoms with Gasteiger partial charge in [0.25, 0.3) is 0 Å². The fourth-order valence-corrected chi connectivity index (χ4v) is 2.93. The quantitative estimate of drug-likeness (QED) is 0.713. The number of carbonyl (C=O) groups is 2. The van der Waals surface area contributed by atoms with Crippen molar-refractivity contribution >= 4 is 11.9 Å². The highest BCUT2D eigenvalue weighted by molar-refractivity contribution is 5.78. The van der Waals surface area contributed by atoms with Gasteiger partial charge in [0.05, 0.1) is 32.8 Å². The normalized spacial score (nSPS) is 24.4. The second kappa shape index (κ2) is 8.34. The summed E-state index contributed by atoms with van der Waals surface area (Å²) in [7, 11) is 1.38. The van der Waals surface area contributed by atoms with Gasteiger partial charge in [-0.1, -0.05) is 12.8 Å². The summed E-state index contributed by atoms with van der Waals surface area (Å²) in [5.41, 5.74) is 0. The van der Waals surface area contributed by atoms with Crippen LogP contribution in [0.25, 0.3) is 0 Å². The summed E-state index contributed by atoms with van der Waals surface area (Å²) >= 11 is 0. The lowest BCUT2D eigenvalue weighted by Gasteiger charge is -2.33. The minimum absolute atomic E-state index is 0.164. The summed E-state index contributed by atoms with van der Waals surface area (Å²) in [6.07, 6.45) is 4.76. The van der Waals surface area contributed by atoms with E-state index in [-0.39, 0.29) is 24.4 Å². The smallest absolute Gasteiger partial charge is 0.308 e. The number of hydrogen-bond donors (Lipinski definition) is 0. The number of hydrogen-bond acceptors (Lipinski definition) is 5. The lowest BCUT2D eigenvalue weighted by Crippen LogP contribution is -2.48. The number of nitrogens with zero attached hydrogens (tertiary/aromatic N) is 2. The van der Waals surface area contributed by atoms with Crippen LogP contribution in [0.3, 0.4) is 0 Å². The molecular formula is C15H26N2O4. The predicted octanol–water partition coefficient (Wildman–Crippen LogP) is 0.653. The van der Waals surface area contributed by atoms with Crippen LogP contribution < -0.4 is 0 Å². The van der Waals surface area contributed by atoms with Crippen LogP contribution in [0.15, 0.2) is 0 Å². The average Bonchev–Trinajstić information content (AvgIpc) is 2.76. The van der Waals surface area contributed by atoms with E-state index in [2.05, 4.69) is 9.64 Å². The molecule has 0 bridgehead atoms. The number of rotatable bonds is 4. The molecule has 2 rings (SSSR count). The van der Waals surface area contributed by atoms with E-state index in [1.807, 2.05) is 4.90 Å². The number of ether oxygens (including phenoxy) is 2. The van der Waals surface area contributed by atoms with Crippen molar-refractivity contribution in [2.24, 2.45) is 0 Å². The summed E-state index contributed by atoms with van der Waals surface area (Å²) in [5, 5.41) is 0. The Morgan fingerprint density at radius 2 is 1.86 bits per heavy atom. The van der Waals surface area contributed by atoms with Gasteiger partial charge in [0.2, 0.25) is 5.91 Å². The molecule has 2 saturated heterocycles. The van der Waals surface area contributed by atoms with E-state index in [0.29, 0.717) is 19.7 Å². The minimum atomic E-state index is -0.263. The van der Waals surface area contributed by atoms with Crippen LogP contribution >= 0.6 is 0 Å². The maximum absolute atomic E-state index is 12.4. The molecule has 0 aromatic rings. The van der Waals surface area contributed by atoms with E-state index in [1.165, 1.54) is 20.0 Å². The van der Waals surface area contributed by atoms with Crippen LogP contribution in [-0.2, 0) is 19.1 Å². The van der Waals surface area contributed by atoms with Crippen LogP contribution in [0.4, 0.5) is 0 Å². The first-order valence-corrected chi connectivity index (χ1v) is 7.87. The molecule has 120 valence electrons. The molecule has 0 aromatic carbocycles. The molecule has 0 radical (unpaired) electrons. The molecule has 2 aliphatic heterocycles. The molecular weight excluding hydrogens is 272 g/mol. The second-order valence-electron chi connectivity index (χ2n) is 5.80. The van der Waals surface area contributed by atoms with E-state index >= 15 is 0 Å². The topological polar surface area (TPSA) is 59.1 Å². The van der Waals surface area contributed by atoms with Crippen LogP contribution in [0.2, 0.25) is 0 Å². The van der Waals surface area contributed by atoms with Crippen molar-refractivity contribution in [3.63, 3.8) is 0 Å². The lowest BCUT2D eigenvalue weighted by atomic mass is 10.2. The summed E-state index contributed by atoms with van der Waals surface area (Å²) in [4.78, 5) is 27.7. The van der Waals surface area contributed by atoms with Gasteiger partial charge in [-0.2, -0.15) is 0 Å². The van der Waals surface area contributed by atoms with Gasteiger partial charge in [-0.05, 0) is 12.8 Å². The fraction of sp³-hybridized carbons (Fsp3) is 0.867. The first-order chi connectivity index (χ1) is 10.2. The number of methoxy groups -OCH3 is 1. The second-order valence-corrected chi connectivity index (χ2v) is 5.80. The Kier molecular flexibility index (Phi) is 6.45. The van der Waals surface area contributed by atoms with Gasteiger partial charge in [0.1, 0.15) is 0 Å². The molecule has 6 nitrogen and oxygen atoms in total. The maximum Gasteiger partial charge on any atom is 0.308 e. The molecule has 0 aromatic heterocycles. The number of likely N-dealkylation sites (tertiary alicyclic amines) is 1. The molecule has 1 amide bonds. The molecule has 0 N–H and O–H groups in total. The molecule has 6 heteroatoms. The Hall–Kier alpha value is -1.14. The van der Waals surface area contributed by atoms with E-state index in [4.69, 9.17) is 4.74 Å². The Morgan fingerprint density at radius 3 is 2.52 bits per heavy atom. The third kappa shape index (κ3) is 5.28. The van der Waals surface area contributed by atoms with E-state index < -0.39 is 0 Å². The average molecular weight is 298 g/mol. The monoisotopic (exact) mass is 298 g/mol. The zero-order chi connectivity index (χ0) is 15.1. The van der Waals surface area contributed by atoms with Crippen molar-refractivity contribution < 1.29 is 19.1 Å². The third-order valence-electron chi connectivity index (χ3n) is 4.16. The molecule has 1 unspecified atom stereocenters. The fourth-order valence-electron chi connectivity index (χ4n) is 2.93. The van der Waals surface area contributed by atoms with Crippen molar-refractivity contribution in [3.05, 3.63) is 0 Å². The molecule has 2 fully saturated rings. The number of carbonyl (C=O) groups excluding carboxylic acids is 2. The van der Waals surface area contributed by atoms with E-state index in [1.54, 1.807) is 0 Å². The molecule has 1 atom stereocenters. The first kappa shape index (κ1) is 16.2. The summed E-state index contributed by atoms with van der Waals surface area (Å²) in [6, 6.07) is 0. The predicted molar refractivity (Wildman–Crippen MR) is 77.9 cm³/mol. The van der Waals surface area contributed by atoms with Crippen molar-refractivity contribution in [1.82, 2.24) is 9.80 Å².